The van der Waals surface area contributed by atoms with Gasteiger partial charge in [-0.1, -0.05) is 78.9 Å². The van der Waals surface area contributed by atoms with Crippen LogP contribution >= 0.6 is 34.0 Å². The Balaban J connectivity index is 1.26. The van der Waals surface area contributed by atoms with Crippen molar-refractivity contribution < 1.29 is 0 Å². The highest BCUT2D eigenvalue weighted by molar-refractivity contribution is 7.27. The molecule has 0 amide bonds. The van der Waals surface area contributed by atoms with Crippen molar-refractivity contribution in [1.29, 1.82) is 0 Å². The van der Waals surface area contributed by atoms with Crippen LogP contribution in [0, 0.1) is 0 Å². The molecule has 4 N–H and O–H groups in total. The van der Waals surface area contributed by atoms with E-state index in [1.54, 1.807) is 11.3 Å². The van der Waals surface area contributed by atoms with Gasteiger partial charge in [0.05, 0.1) is 6.17 Å². The van der Waals surface area contributed by atoms with E-state index < -0.39 is 6.17 Å². The summed E-state index contributed by atoms with van der Waals surface area (Å²) in [6, 6.07) is 42.3. The van der Waals surface area contributed by atoms with Crippen molar-refractivity contribution in [2.24, 2.45) is 11.5 Å². The molecule has 0 saturated carbocycles. The molecular formula is C37H24N2S3. The Bertz CT molecular complexity index is 2510. The van der Waals surface area contributed by atoms with Crippen LogP contribution in [0.15, 0.2) is 115 Å². The first-order valence-corrected chi connectivity index (χ1v) is 16.4. The van der Waals surface area contributed by atoms with Crippen molar-refractivity contribution in [3.63, 3.8) is 0 Å². The van der Waals surface area contributed by atoms with E-state index in [0.29, 0.717) is 0 Å². The third-order valence-corrected chi connectivity index (χ3v) is 11.9. The summed E-state index contributed by atoms with van der Waals surface area (Å²) in [5.74, 6) is 0. The van der Waals surface area contributed by atoms with Crippen LogP contribution in [0.2, 0.25) is 0 Å². The summed E-state index contributed by atoms with van der Waals surface area (Å²) in [6.07, 6.45) is -0.469. The van der Waals surface area contributed by atoms with Gasteiger partial charge >= 0.3 is 0 Å². The van der Waals surface area contributed by atoms with Gasteiger partial charge in [0.25, 0.3) is 0 Å². The van der Waals surface area contributed by atoms with E-state index in [1.165, 1.54) is 82.8 Å². The predicted molar refractivity (Wildman–Crippen MR) is 187 cm³/mol. The van der Waals surface area contributed by atoms with Gasteiger partial charge in [-0.3, -0.25) is 0 Å². The number of rotatable bonds is 3. The van der Waals surface area contributed by atoms with Gasteiger partial charge in [0, 0.05) is 66.1 Å². The second-order valence-electron chi connectivity index (χ2n) is 10.8. The molecular weight excluding hydrogens is 569 g/mol. The van der Waals surface area contributed by atoms with Crippen molar-refractivity contribution in [1.82, 2.24) is 0 Å². The number of fused-ring (bicyclic) bond motifs is 9. The zero-order valence-corrected chi connectivity index (χ0v) is 24.9. The lowest BCUT2D eigenvalue weighted by Crippen LogP contribution is -2.19. The maximum Gasteiger partial charge on any atom is 0.0785 e. The maximum absolute atomic E-state index is 5.99. The van der Waals surface area contributed by atoms with Gasteiger partial charge in [0.1, 0.15) is 0 Å². The number of hydrogen-bond donors (Lipinski definition) is 2. The lowest BCUT2D eigenvalue weighted by Gasteiger charge is -2.08. The largest absolute Gasteiger partial charge is 0.312 e. The first-order valence-electron chi connectivity index (χ1n) is 14.0. The first-order chi connectivity index (χ1) is 20.6. The molecule has 42 heavy (non-hydrogen) atoms. The van der Waals surface area contributed by atoms with E-state index in [2.05, 4.69) is 115 Å². The Kier molecular flexibility index (Phi) is 5.37. The van der Waals surface area contributed by atoms with Crippen LogP contribution in [0.25, 0.3) is 82.8 Å². The van der Waals surface area contributed by atoms with Crippen LogP contribution in [-0.4, -0.2) is 0 Å². The lowest BCUT2D eigenvalue weighted by molar-refractivity contribution is 0.775. The molecule has 5 heteroatoms. The highest BCUT2D eigenvalue weighted by Gasteiger charge is 2.17. The summed E-state index contributed by atoms with van der Waals surface area (Å²) in [5, 5.41) is 7.87. The molecule has 6 aromatic carbocycles. The van der Waals surface area contributed by atoms with Crippen molar-refractivity contribution >= 4 is 94.5 Å². The lowest BCUT2D eigenvalue weighted by atomic mass is 9.96. The zero-order valence-electron chi connectivity index (χ0n) is 22.4. The molecule has 0 aliphatic rings. The van der Waals surface area contributed by atoms with Crippen molar-refractivity contribution in [3.8, 4) is 22.3 Å². The molecule has 0 fully saturated rings. The number of nitrogens with two attached hydrogens (primary N) is 2. The normalized spacial score (nSPS) is 12.3. The van der Waals surface area contributed by atoms with Crippen molar-refractivity contribution in [3.05, 3.63) is 121 Å². The van der Waals surface area contributed by atoms with Crippen LogP contribution in [0.3, 0.4) is 0 Å². The molecule has 200 valence electrons. The Morgan fingerprint density at radius 1 is 0.429 bits per heavy atom. The molecule has 0 aliphatic heterocycles. The number of benzene rings is 6. The summed E-state index contributed by atoms with van der Waals surface area (Å²) in [5.41, 5.74) is 18.1. The Labute approximate surface area is 254 Å². The topological polar surface area (TPSA) is 52.0 Å². The van der Waals surface area contributed by atoms with Crippen molar-refractivity contribution in [2.75, 3.05) is 0 Å². The average molecular weight is 593 g/mol. The summed E-state index contributed by atoms with van der Waals surface area (Å²) in [7, 11) is 0. The van der Waals surface area contributed by atoms with Gasteiger partial charge in [0.2, 0.25) is 0 Å². The van der Waals surface area contributed by atoms with E-state index >= 15 is 0 Å². The van der Waals surface area contributed by atoms with Gasteiger partial charge < -0.3 is 11.5 Å². The van der Waals surface area contributed by atoms with Crippen LogP contribution in [0.5, 0.6) is 0 Å². The molecule has 0 radical (unpaired) electrons. The number of hydrogen-bond acceptors (Lipinski definition) is 5. The molecule has 3 aromatic heterocycles. The van der Waals surface area contributed by atoms with E-state index in [-0.39, 0.29) is 0 Å². The monoisotopic (exact) mass is 592 g/mol. The minimum Gasteiger partial charge on any atom is -0.312 e. The molecule has 9 rings (SSSR count). The predicted octanol–water partition coefficient (Wildman–Crippen LogP) is 11.0. The molecule has 0 spiro atoms. The molecule has 0 atom stereocenters. The quantitative estimate of drug-likeness (QED) is 0.201. The van der Waals surface area contributed by atoms with Gasteiger partial charge in [-0.2, -0.15) is 0 Å². The summed E-state index contributed by atoms with van der Waals surface area (Å²) in [6.45, 7) is 0. The standard InChI is InChI=1S/C37H24N2S3/c38-37(39)21-14-16-27-33(19-21)41-31-12-4-7-22(34(27)31)20-15-17-30-28(18-20)25-10-3-9-24(36(25)42-30)23-8-5-13-32-35(23)26-6-1-2-11-29(26)40-32/h1-19,37H,38-39H2. The fourth-order valence-electron chi connectivity index (χ4n) is 6.47. The second-order valence-corrected chi connectivity index (χ2v) is 14.1. The van der Waals surface area contributed by atoms with Gasteiger partial charge in [0.15, 0.2) is 0 Å². The fourth-order valence-corrected chi connectivity index (χ4v) is 9.99. The third kappa shape index (κ3) is 3.56. The van der Waals surface area contributed by atoms with E-state index in [9.17, 15) is 0 Å². The third-order valence-electron chi connectivity index (χ3n) is 8.41. The molecule has 0 saturated heterocycles. The van der Waals surface area contributed by atoms with E-state index in [0.717, 1.165) is 5.56 Å². The Morgan fingerprint density at radius 3 is 1.93 bits per heavy atom. The minimum absolute atomic E-state index is 0.469. The first kappa shape index (κ1) is 24.5. The van der Waals surface area contributed by atoms with Crippen LogP contribution in [-0.2, 0) is 0 Å². The average Bonchev–Trinajstić information content (AvgIpc) is 3.71. The van der Waals surface area contributed by atoms with E-state index in [4.69, 9.17) is 11.5 Å². The molecule has 2 nitrogen and oxygen atoms in total. The maximum atomic E-state index is 5.99. The van der Waals surface area contributed by atoms with E-state index in [1.807, 2.05) is 22.7 Å². The molecule has 0 unspecified atom stereocenters. The Morgan fingerprint density at radius 2 is 1.07 bits per heavy atom. The number of thiophene rings is 3. The van der Waals surface area contributed by atoms with Gasteiger partial charge in [-0.15, -0.1) is 34.0 Å². The summed E-state index contributed by atoms with van der Waals surface area (Å²) >= 11 is 5.58. The van der Waals surface area contributed by atoms with Crippen LogP contribution < -0.4 is 11.5 Å². The zero-order chi connectivity index (χ0) is 27.9. The smallest absolute Gasteiger partial charge is 0.0785 e. The Hall–Kier alpha value is -4.10. The SMILES string of the molecule is NC(N)c1ccc2c(c1)sc1cccc(-c3ccc4sc5c(-c6cccc7sc8ccccc8c67)cccc5c4c3)c12. The molecule has 9 aromatic rings. The highest BCUT2D eigenvalue weighted by atomic mass is 32.1. The van der Waals surface area contributed by atoms with Crippen LogP contribution in [0.1, 0.15) is 11.7 Å². The second kappa shape index (κ2) is 9.20. The fraction of sp³-hybridized carbons (Fsp3) is 0.0270. The minimum atomic E-state index is -0.469. The van der Waals surface area contributed by atoms with Gasteiger partial charge in [-0.05, 0) is 58.7 Å². The molecule has 0 aliphatic carbocycles. The van der Waals surface area contributed by atoms with Gasteiger partial charge in [-0.25, -0.2) is 0 Å². The van der Waals surface area contributed by atoms with Crippen molar-refractivity contribution in [2.45, 2.75) is 6.17 Å². The molecule has 3 heterocycles. The molecule has 0 bridgehead atoms. The summed E-state index contributed by atoms with van der Waals surface area (Å²) < 4.78 is 7.83. The van der Waals surface area contributed by atoms with Crippen LogP contribution in [0.4, 0.5) is 0 Å². The highest BCUT2D eigenvalue weighted by Crippen LogP contribution is 2.47. The summed E-state index contributed by atoms with van der Waals surface area (Å²) in [4.78, 5) is 0.